The van der Waals surface area contributed by atoms with Gasteiger partial charge in [-0.05, 0) is 47.5 Å². The Morgan fingerprint density at radius 1 is 1.03 bits per heavy atom. The van der Waals surface area contributed by atoms with E-state index in [1.165, 1.54) is 5.56 Å². The van der Waals surface area contributed by atoms with Gasteiger partial charge in [-0.15, -0.1) is 0 Å². The lowest BCUT2D eigenvalue weighted by Gasteiger charge is -2.33. The minimum Gasteiger partial charge on any atom is -0.338 e. The number of hydrogen-bond acceptors (Lipinski definition) is 6. The summed E-state index contributed by atoms with van der Waals surface area (Å²) in [6.07, 6.45) is 0. The van der Waals surface area contributed by atoms with Crippen molar-refractivity contribution in [2.45, 2.75) is 20.4 Å². The van der Waals surface area contributed by atoms with E-state index in [1.807, 2.05) is 49.4 Å². The minimum atomic E-state index is -0.00218. The van der Waals surface area contributed by atoms with Crippen LogP contribution < -0.4 is 5.32 Å². The van der Waals surface area contributed by atoms with E-state index < -0.39 is 0 Å². The zero-order chi connectivity index (χ0) is 21.8. The predicted molar refractivity (Wildman–Crippen MR) is 124 cm³/mol. The van der Waals surface area contributed by atoms with E-state index in [1.54, 1.807) is 0 Å². The molecule has 0 bridgehead atoms. The Labute approximate surface area is 190 Å². The molecule has 0 unspecified atom stereocenters. The summed E-state index contributed by atoms with van der Waals surface area (Å²) >= 11 is 3.50. The van der Waals surface area contributed by atoms with Crippen LogP contribution in [0.4, 0.5) is 5.69 Å². The van der Waals surface area contributed by atoms with Crippen LogP contribution in [-0.2, 0) is 11.3 Å². The van der Waals surface area contributed by atoms with Crippen LogP contribution in [-0.4, -0.2) is 58.6 Å². The molecule has 0 aliphatic carbocycles. The molecule has 1 aliphatic rings. The van der Waals surface area contributed by atoms with Crippen molar-refractivity contribution in [1.82, 2.24) is 19.9 Å². The van der Waals surface area contributed by atoms with Gasteiger partial charge in [0, 0.05) is 36.2 Å². The van der Waals surface area contributed by atoms with Gasteiger partial charge in [-0.3, -0.25) is 14.6 Å². The number of aromatic nitrogens is 2. The van der Waals surface area contributed by atoms with Crippen LogP contribution >= 0.6 is 15.9 Å². The standard InChI is InChI=1S/C23H26BrN5O2/c1-16-3-6-18(7-4-16)23-26-22(31-27-23)15-29-11-9-28(10-12-29)14-21(30)25-20-8-5-17(2)13-19(20)24/h3-8,13H,9-12,14-15H2,1-2H3,(H,25,30). The molecule has 2 heterocycles. The zero-order valence-electron chi connectivity index (χ0n) is 17.8. The molecule has 1 N–H and O–H groups in total. The second-order valence-corrected chi connectivity index (χ2v) is 8.82. The summed E-state index contributed by atoms with van der Waals surface area (Å²) in [6.45, 7) is 8.42. The van der Waals surface area contributed by atoms with Crippen molar-refractivity contribution in [3.8, 4) is 11.4 Å². The molecule has 1 aromatic heterocycles. The molecular weight excluding hydrogens is 458 g/mol. The van der Waals surface area contributed by atoms with Gasteiger partial charge in [-0.2, -0.15) is 4.98 Å². The molecule has 2 aromatic carbocycles. The number of benzene rings is 2. The van der Waals surface area contributed by atoms with E-state index >= 15 is 0 Å². The lowest BCUT2D eigenvalue weighted by Crippen LogP contribution is -2.48. The first-order valence-electron chi connectivity index (χ1n) is 10.4. The van der Waals surface area contributed by atoms with Crippen LogP contribution in [0.1, 0.15) is 17.0 Å². The van der Waals surface area contributed by atoms with Crippen LogP contribution in [0.2, 0.25) is 0 Å². The summed E-state index contributed by atoms with van der Waals surface area (Å²) in [5.74, 6) is 1.23. The summed E-state index contributed by atoms with van der Waals surface area (Å²) in [4.78, 5) is 21.4. The highest BCUT2D eigenvalue weighted by Crippen LogP contribution is 2.23. The van der Waals surface area contributed by atoms with Gasteiger partial charge in [0.05, 0.1) is 18.8 Å². The van der Waals surface area contributed by atoms with Crippen LogP contribution in [0.25, 0.3) is 11.4 Å². The number of amides is 1. The van der Waals surface area contributed by atoms with Gasteiger partial charge in [0.25, 0.3) is 0 Å². The number of piperazine rings is 1. The average Bonchev–Trinajstić information content (AvgIpc) is 3.20. The fourth-order valence-corrected chi connectivity index (χ4v) is 4.14. The van der Waals surface area contributed by atoms with Crippen LogP contribution in [0.15, 0.2) is 51.5 Å². The van der Waals surface area contributed by atoms with Crippen molar-refractivity contribution in [1.29, 1.82) is 0 Å². The molecule has 1 fully saturated rings. The number of rotatable bonds is 6. The van der Waals surface area contributed by atoms with Gasteiger partial charge >= 0.3 is 0 Å². The number of carbonyl (C=O) groups is 1. The molecule has 0 spiro atoms. The fraction of sp³-hybridized carbons (Fsp3) is 0.348. The quantitative estimate of drug-likeness (QED) is 0.573. The zero-order valence-corrected chi connectivity index (χ0v) is 19.4. The SMILES string of the molecule is Cc1ccc(-c2noc(CN3CCN(CC(=O)Nc4ccc(C)cc4Br)CC3)n2)cc1. The Morgan fingerprint density at radius 2 is 1.71 bits per heavy atom. The number of hydrogen-bond donors (Lipinski definition) is 1. The molecule has 0 saturated carbocycles. The lowest BCUT2D eigenvalue weighted by atomic mass is 10.1. The smallest absolute Gasteiger partial charge is 0.241 e. The molecule has 1 aliphatic heterocycles. The number of carbonyl (C=O) groups excluding carboxylic acids is 1. The molecule has 0 atom stereocenters. The third-order valence-electron chi connectivity index (χ3n) is 5.37. The Bertz CT molecular complexity index is 1040. The third kappa shape index (κ3) is 5.78. The summed E-state index contributed by atoms with van der Waals surface area (Å²) in [5.41, 5.74) is 4.10. The Kier molecular flexibility index (Phi) is 6.80. The second-order valence-electron chi connectivity index (χ2n) is 7.96. The number of halogens is 1. The Balaban J connectivity index is 1.24. The Morgan fingerprint density at radius 3 is 2.42 bits per heavy atom. The first kappa shape index (κ1) is 21.7. The second kappa shape index (κ2) is 9.72. The maximum atomic E-state index is 12.4. The van der Waals surface area contributed by atoms with Crippen LogP contribution in [0.5, 0.6) is 0 Å². The summed E-state index contributed by atoms with van der Waals surface area (Å²) < 4.78 is 6.34. The van der Waals surface area contributed by atoms with Crippen molar-refractivity contribution in [2.75, 3.05) is 38.0 Å². The van der Waals surface area contributed by atoms with E-state index in [9.17, 15) is 4.79 Å². The van der Waals surface area contributed by atoms with Gasteiger partial charge in [0.15, 0.2) is 0 Å². The van der Waals surface area contributed by atoms with Crippen LogP contribution in [0, 0.1) is 13.8 Å². The predicted octanol–water partition coefficient (Wildman–Crippen LogP) is 3.87. The average molecular weight is 484 g/mol. The normalized spacial score (nSPS) is 15.2. The van der Waals surface area contributed by atoms with E-state index in [0.717, 1.165) is 47.5 Å². The third-order valence-corrected chi connectivity index (χ3v) is 6.02. The minimum absolute atomic E-state index is 0.00218. The first-order valence-corrected chi connectivity index (χ1v) is 11.2. The molecule has 162 valence electrons. The monoisotopic (exact) mass is 483 g/mol. The van der Waals surface area contributed by atoms with Crippen molar-refractivity contribution in [3.63, 3.8) is 0 Å². The van der Waals surface area contributed by atoms with E-state index in [2.05, 4.69) is 48.1 Å². The van der Waals surface area contributed by atoms with Gasteiger partial charge < -0.3 is 9.84 Å². The summed E-state index contributed by atoms with van der Waals surface area (Å²) in [7, 11) is 0. The molecule has 0 radical (unpaired) electrons. The molecule has 1 saturated heterocycles. The topological polar surface area (TPSA) is 74.5 Å². The van der Waals surface area contributed by atoms with Crippen molar-refractivity contribution in [3.05, 3.63) is 64.0 Å². The van der Waals surface area contributed by atoms with Crippen LogP contribution in [0.3, 0.4) is 0 Å². The first-order chi connectivity index (χ1) is 15.0. The molecule has 1 amide bonds. The van der Waals surface area contributed by atoms with Gasteiger partial charge in [-0.25, -0.2) is 0 Å². The highest BCUT2D eigenvalue weighted by atomic mass is 79.9. The number of nitrogens with one attached hydrogen (secondary N) is 1. The van der Waals surface area contributed by atoms with Gasteiger partial charge in [0.1, 0.15) is 0 Å². The number of nitrogens with zero attached hydrogens (tertiary/aromatic N) is 4. The highest BCUT2D eigenvalue weighted by Gasteiger charge is 2.21. The number of aryl methyl sites for hydroxylation is 2. The number of anilines is 1. The summed E-state index contributed by atoms with van der Waals surface area (Å²) in [6, 6.07) is 14.0. The van der Waals surface area contributed by atoms with E-state index in [4.69, 9.17) is 4.52 Å². The molecular formula is C23H26BrN5O2. The fourth-order valence-electron chi connectivity index (χ4n) is 3.55. The van der Waals surface area contributed by atoms with Gasteiger partial charge in [0.2, 0.25) is 17.6 Å². The van der Waals surface area contributed by atoms with E-state index in [0.29, 0.717) is 24.8 Å². The molecule has 3 aromatic rings. The van der Waals surface area contributed by atoms with E-state index in [-0.39, 0.29) is 5.91 Å². The van der Waals surface area contributed by atoms with Crippen molar-refractivity contribution >= 4 is 27.5 Å². The largest absolute Gasteiger partial charge is 0.338 e. The molecule has 7 nitrogen and oxygen atoms in total. The van der Waals surface area contributed by atoms with Crippen molar-refractivity contribution < 1.29 is 9.32 Å². The molecule has 4 rings (SSSR count). The maximum absolute atomic E-state index is 12.4. The van der Waals surface area contributed by atoms with Gasteiger partial charge in [-0.1, -0.05) is 41.1 Å². The Hall–Kier alpha value is -2.55. The molecule has 8 heteroatoms. The lowest BCUT2D eigenvalue weighted by molar-refractivity contribution is -0.117. The van der Waals surface area contributed by atoms with Crippen molar-refractivity contribution in [2.24, 2.45) is 0 Å². The summed E-state index contributed by atoms with van der Waals surface area (Å²) in [5, 5.41) is 7.09. The molecule has 31 heavy (non-hydrogen) atoms. The highest BCUT2D eigenvalue weighted by molar-refractivity contribution is 9.10. The maximum Gasteiger partial charge on any atom is 0.241 e.